The Morgan fingerprint density at radius 2 is 2.15 bits per heavy atom. The molecule has 1 aliphatic rings. The Hall–Kier alpha value is -1.42. The van der Waals surface area contributed by atoms with Crippen LogP contribution in [0.15, 0.2) is 23.1 Å². The fraction of sp³-hybridized carbons (Fsp3) is 0.500. The molecule has 6 heteroatoms. The fourth-order valence-electron chi connectivity index (χ4n) is 2.67. The van der Waals surface area contributed by atoms with Gasteiger partial charge in [0.2, 0.25) is 10.0 Å². The van der Waals surface area contributed by atoms with Gasteiger partial charge in [-0.05, 0) is 38.3 Å². The molecule has 0 aliphatic carbocycles. The molecule has 0 aromatic heterocycles. The van der Waals surface area contributed by atoms with E-state index < -0.39 is 10.0 Å². The molecule has 0 saturated carbocycles. The summed E-state index contributed by atoms with van der Waals surface area (Å²) in [6, 6.07) is 6.82. The van der Waals surface area contributed by atoms with E-state index in [-0.39, 0.29) is 22.5 Å². The number of nitriles is 1. The zero-order valence-electron chi connectivity index (χ0n) is 11.7. The number of rotatable bonds is 2. The van der Waals surface area contributed by atoms with Crippen molar-refractivity contribution in [2.24, 2.45) is 5.73 Å². The summed E-state index contributed by atoms with van der Waals surface area (Å²) in [7, 11) is -3.64. The highest BCUT2D eigenvalue weighted by Crippen LogP contribution is 2.27. The third kappa shape index (κ3) is 2.57. The summed E-state index contributed by atoms with van der Waals surface area (Å²) < 4.78 is 27.0. The quantitative estimate of drug-likeness (QED) is 0.892. The van der Waals surface area contributed by atoms with Crippen LogP contribution in [0.25, 0.3) is 0 Å². The number of piperidine rings is 1. The summed E-state index contributed by atoms with van der Waals surface area (Å²) in [4.78, 5) is 0.0994. The van der Waals surface area contributed by atoms with Gasteiger partial charge in [0.1, 0.15) is 11.0 Å². The number of nitrogens with zero attached hydrogens (tertiary/aromatic N) is 2. The van der Waals surface area contributed by atoms with Gasteiger partial charge >= 0.3 is 0 Å². The molecule has 2 N–H and O–H groups in total. The molecule has 0 amide bonds. The second-order valence-electron chi connectivity index (χ2n) is 5.31. The first-order valence-corrected chi connectivity index (χ1v) is 8.09. The van der Waals surface area contributed by atoms with Crippen molar-refractivity contribution in [3.05, 3.63) is 29.3 Å². The first kappa shape index (κ1) is 15.0. The van der Waals surface area contributed by atoms with E-state index in [2.05, 4.69) is 0 Å². The van der Waals surface area contributed by atoms with Gasteiger partial charge in [0.15, 0.2) is 0 Å². The van der Waals surface area contributed by atoms with Crippen molar-refractivity contribution < 1.29 is 8.42 Å². The zero-order chi connectivity index (χ0) is 14.9. The van der Waals surface area contributed by atoms with Gasteiger partial charge in [-0.15, -0.1) is 0 Å². The number of benzene rings is 1. The summed E-state index contributed by atoms with van der Waals surface area (Å²) in [5, 5.41) is 9.22. The van der Waals surface area contributed by atoms with Crippen molar-refractivity contribution in [1.82, 2.24) is 4.31 Å². The van der Waals surface area contributed by atoms with Crippen LogP contribution in [-0.2, 0) is 10.0 Å². The standard InChI is InChI=1S/C14H19N3O2S/c1-10-4-3-5-14(13(10)9-15)20(18,19)17-7-6-12(16)8-11(17)2/h3-5,11-12H,6-8,16H2,1-2H3/t11-,12+/m0/s1. The van der Waals surface area contributed by atoms with Crippen molar-refractivity contribution >= 4 is 10.0 Å². The Morgan fingerprint density at radius 1 is 1.45 bits per heavy atom. The maximum Gasteiger partial charge on any atom is 0.244 e. The number of aryl methyl sites for hydroxylation is 1. The molecule has 1 aliphatic heterocycles. The topological polar surface area (TPSA) is 87.2 Å². The molecular formula is C14H19N3O2S. The van der Waals surface area contributed by atoms with Gasteiger partial charge in [-0.25, -0.2) is 8.42 Å². The lowest BCUT2D eigenvalue weighted by atomic mass is 10.0. The molecule has 2 atom stereocenters. The molecule has 5 nitrogen and oxygen atoms in total. The molecule has 1 aromatic carbocycles. The van der Waals surface area contributed by atoms with Crippen LogP contribution in [0, 0.1) is 18.3 Å². The van der Waals surface area contributed by atoms with E-state index in [9.17, 15) is 13.7 Å². The normalized spacial score (nSPS) is 24.3. The predicted molar refractivity (Wildman–Crippen MR) is 76.5 cm³/mol. The first-order chi connectivity index (χ1) is 9.37. The SMILES string of the molecule is Cc1cccc(S(=O)(=O)N2CC[C@@H](N)C[C@@H]2C)c1C#N. The molecule has 1 heterocycles. The Bertz CT molecular complexity index is 649. The summed E-state index contributed by atoms with van der Waals surface area (Å²) in [5.74, 6) is 0. The fourth-order valence-corrected chi connectivity index (χ4v) is 4.54. The lowest BCUT2D eigenvalue weighted by Gasteiger charge is -2.35. The van der Waals surface area contributed by atoms with Gasteiger partial charge in [0, 0.05) is 18.6 Å². The van der Waals surface area contributed by atoms with Gasteiger partial charge in [-0.2, -0.15) is 9.57 Å². The van der Waals surface area contributed by atoms with Gasteiger partial charge in [0.25, 0.3) is 0 Å². The predicted octanol–water partition coefficient (Wildman–Crippen LogP) is 1.37. The van der Waals surface area contributed by atoms with Gasteiger partial charge in [-0.1, -0.05) is 12.1 Å². The second-order valence-corrected chi connectivity index (χ2v) is 7.17. The van der Waals surface area contributed by atoms with E-state index >= 15 is 0 Å². The minimum atomic E-state index is -3.64. The zero-order valence-corrected chi connectivity index (χ0v) is 12.5. The maximum absolute atomic E-state index is 12.8. The number of sulfonamides is 1. The highest BCUT2D eigenvalue weighted by Gasteiger charge is 2.34. The molecule has 0 unspecified atom stereocenters. The lowest BCUT2D eigenvalue weighted by molar-refractivity contribution is 0.247. The molecule has 0 bridgehead atoms. The monoisotopic (exact) mass is 293 g/mol. The Morgan fingerprint density at radius 3 is 2.75 bits per heavy atom. The highest BCUT2D eigenvalue weighted by molar-refractivity contribution is 7.89. The van der Waals surface area contributed by atoms with E-state index in [0.29, 0.717) is 24.9 Å². The Balaban J connectivity index is 2.47. The van der Waals surface area contributed by atoms with E-state index in [1.807, 2.05) is 13.0 Å². The Kier molecular flexibility index (Phi) is 4.14. The molecule has 1 saturated heterocycles. The van der Waals surface area contributed by atoms with Gasteiger partial charge < -0.3 is 5.73 Å². The largest absolute Gasteiger partial charge is 0.328 e. The van der Waals surface area contributed by atoms with Crippen LogP contribution in [0.2, 0.25) is 0 Å². The van der Waals surface area contributed by atoms with Crippen molar-refractivity contribution in [3.63, 3.8) is 0 Å². The van der Waals surface area contributed by atoms with E-state index in [4.69, 9.17) is 5.73 Å². The summed E-state index contributed by atoms with van der Waals surface area (Å²) in [6.45, 7) is 4.01. The van der Waals surface area contributed by atoms with E-state index in [0.717, 1.165) is 0 Å². The average molecular weight is 293 g/mol. The van der Waals surface area contributed by atoms with Crippen LogP contribution < -0.4 is 5.73 Å². The third-order valence-electron chi connectivity index (χ3n) is 3.79. The third-order valence-corrected chi connectivity index (χ3v) is 5.84. The number of nitrogens with two attached hydrogens (primary N) is 1. The van der Waals surface area contributed by atoms with Crippen molar-refractivity contribution in [3.8, 4) is 6.07 Å². The van der Waals surface area contributed by atoms with Crippen LogP contribution in [-0.4, -0.2) is 31.4 Å². The van der Waals surface area contributed by atoms with E-state index in [1.165, 1.54) is 10.4 Å². The van der Waals surface area contributed by atoms with Crippen LogP contribution in [0.4, 0.5) is 0 Å². The molecule has 20 heavy (non-hydrogen) atoms. The highest BCUT2D eigenvalue weighted by atomic mass is 32.2. The van der Waals surface area contributed by atoms with Crippen LogP contribution in [0.3, 0.4) is 0 Å². The van der Waals surface area contributed by atoms with E-state index in [1.54, 1.807) is 19.1 Å². The average Bonchev–Trinajstić information content (AvgIpc) is 2.37. The summed E-state index contributed by atoms with van der Waals surface area (Å²) >= 11 is 0. The second kappa shape index (κ2) is 5.52. The van der Waals surface area contributed by atoms with Crippen molar-refractivity contribution in [2.75, 3.05) is 6.54 Å². The molecule has 0 spiro atoms. The van der Waals surface area contributed by atoms with Crippen molar-refractivity contribution in [2.45, 2.75) is 43.7 Å². The minimum Gasteiger partial charge on any atom is -0.328 e. The Labute approximate surface area is 120 Å². The smallest absolute Gasteiger partial charge is 0.244 e. The van der Waals surface area contributed by atoms with Crippen LogP contribution >= 0.6 is 0 Å². The molecular weight excluding hydrogens is 274 g/mol. The first-order valence-electron chi connectivity index (χ1n) is 6.65. The number of hydrogen-bond acceptors (Lipinski definition) is 4. The van der Waals surface area contributed by atoms with Crippen LogP contribution in [0.5, 0.6) is 0 Å². The summed E-state index contributed by atoms with van der Waals surface area (Å²) in [5.41, 5.74) is 6.78. The molecule has 1 aromatic rings. The molecule has 108 valence electrons. The number of hydrogen-bond donors (Lipinski definition) is 1. The molecule has 1 fully saturated rings. The van der Waals surface area contributed by atoms with Crippen molar-refractivity contribution in [1.29, 1.82) is 5.26 Å². The lowest BCUT2D eigenvalue weighted by Crippen LogP contribution is -2.48. The van der Waals surface area contributed by atoms with Gasteiger partial charge in [0.05, 0.1) is 5.56 Å². The minimum absolute atomic E-state index is 0.0457. The van der Waals surface area contributed by atoms with Gasteiger partial charge in [-0.3, -0.25) is 0 Å². The molecule has 0 radical (unpaired) electrons. The summed E-state index contributed by atoms with van der Waals surface area (Å²) in [6.07, 6.45) is 1.30. The van der Waals surface area contributed by atoms with Crippen LogP contribution in [0.1, 0.15) is 30.9 Å². The maximum atomic E-state index is 12.8. The molecule has 2 rings (SSSR count).